The van der Waals surface area contributed by atoms with E-state index in [0.29, 0.717) is 19.3 Å². The Bertz CT molecular complexity index is 1030. The molecular weight excluding hydrogens is 404 g/mol. The number of methoxy groups -OCH3 is 1. The van der Waals surface area contributed by atoms with Crippen molar-refractivity contribution < 1.29 is 14.2 Å². The van der Waals surface area contributed by atoms with E-state index < -0.39 is 0 Å². The Labute approximate surface area is 188 Å². The van der Waals surface area contributed by atoms with Crippen LogP contribution in [0.2, 0.25) is 0 Å². The molecule has 1 atom stereocenters. The second-order valence-electron chi connectivity index (χ2n) is 8.29. The fourth-order valence-electron chi connectivity index (χ4n) is 4.57. The molecule has 0 spiro atoms. The number of rotatable bonds is 8. The monoisotopic (exact) mass is 434 g/mol. The predicted molar refractivity (Wildman–Crippen MR) is 123 cm³/mol. The maximum absolute atomic E-state index is 5.75. The zero-order valence-electron chi connectivity index (χ0n) is 18.5. The molecule has 0 saturated carbocycles. The van der Waals surface area contributed by atoms with E-state index in [9.17, 15) is 0 Å². The normalized spacial score (nSPS) is 16.8. The Hall–Kier alpha value is -3.03. The van der Waals surface area contributed by atoms with E-state index >= 15 is 0 Å². The third-order valence-electron chi connectivity index (χ3n) is 6.28. The van der Waals surface area contributed by atoms with Crippen molar-refractivity contribution in [2.45, 2.75) is 25.4 Å². The van der Waals surface area contributed by atoms with Crippen LogP contribution in [0.3, 0.4) is 0 Å². The number of nitrogens with zero attached hydrogens (tertiary/aromatic N) is 2. The second-order valence-corrected chi connectivity index (χ2v) is 8.29. The number of benzene rings is 2. The summed E-state index contributed by atoms with van der Waals surface area (Å²) in [4.78, 5) is 2.58. The van der Waals surface area contributed by atoms with Gasteiger partial charge in [0, 0.05) is 30.3 Å². The molecule has 2 N–H and O–H groups in total. The highest BCUT2D eigenvalue weighted by molar-refractivity contribution is 5.66. The lowest BCUT2D eigenvalue weighted by atomic mass is 10.0. The fraction of sp³-hybridized carbons (Fsp3) is 0.400. The Kier molecular flexibility index (Phi) is 6.27. The third kappa shape index (κ3) is 4.45. The lowest BCUT2D eigenvalue weighted by Crippen LogP contribution is -2.34. The van der Waals surface area contributed by atoms with E-state index in [1.807, 2.05) is 18.3 Å². The van der Waals surface area contributed by atoms with Crippen molar-refractivity contribution in [1.29, 1.82) is 0 Å². The molecule has 32 heavy (non-hydrogen) atoms. The van der Waals surface area contributed by atoms with Crippen LogP contribution in [0.25, 0.3) is 11.3 Å². The van der Waals surface area contributed by atoms with Crippen LogP contribution in [0, 0.1) is 0 Å². The van der Waals surface area contributed by atoms with Gasteiger partial charge in [0.1, 0.15) is 19.0 Å². The predicted octanol–water partition coefficient (Wildman–Crippen LogP) is 3.78. The topological polar surface area (TPSA) is 71.6 Å². The van der Waals surface area contributed by atoms with Gasteiger partial charge in [0.05, 0.1) is 19.0 Å². The van der Waals surface area contributed by atoms with Gasteiger partial charge in [-0.1, -0.05) is 12.1 Å². The summed E-state index contributed by atoms with van der Waals surface area (Å²) >= 11 is 0. The number of ether oxygens (including phenoxy) is 3. The lowest BCUT2D eigenvalue weighted by molar-refractivity contribution is 0.171. The van der Waals surface area contributed by atoms with E-state index in [2.05, 4.69) is 50.7 Å². The number of likely N-dealkylation sites (tertiary alicyclic amines) is 1. The number of hydrogen-bond acceptors (Lipinski definition) is 6. The number of aromatic nitrogens is 2. The standard InChI is InChI=1S/C25H30N4O3/c1-30-21-7-4-18(5-8-21)22(29-10-2-3-11-29)17-26-15-20-16-27-28-25(20)19-6-9-23-24(14-19)32-13-12-31-23/h4-9,14,16,22,26H,2-3,10-13,15,17H2,1H3,(H,27,28). The van der Waals surface area contributed by atoms with Gasteiger partial charge < -0.3 is 19.5 Å². The van der Waals surface area contributed by atoms with Crippen molar-refractivity contribution in [3.63, 3.8) is 0 Å². The van der Waals surface area contributed by atoms with Gasteiger partial charge in [0.15, 0.2) is 11.5 Å². The molecule has 0 amide bonds. The van der Waals surface area contributed by atoms with Crippen molar-refractivity contribution >= 4 is 0 Å². The minimum absolute atomic E-state index is 0.341. The summed E-state index contributed by atoms with van der Waals surface area (Å²) < 4.78 is 16.7. The number of aromatic amines is 1. The second kappa shape index (κ2) is 9.63. The highest BCUT2D eigenvalue weighted by Gasteiger charge is 2.23. The molecule has 168 valence electrons. The highest BCUT2D eigenvalue weighted by Crippen LogP contribution is 2.35. The van der Waals surface area contributed by atoms with Crippen molar-refractivity contribution in [3.8, 4) is 28.5 Å². The highest BCUT2D eigenvalue weighted by atomic mass is 16.6. The number of hydrogen-bond donors (Lipinski definition) is 2. The quantitative estimate of drug-likeness (QED) is 0.562. The molecule has 0 aliphatic carbocycles. The summed E-state index contributed by atoms with van der Waals surface area (Å²) in [7, 11) is 1.71. The zero-order chi connectivity index (χ0) is 21.8. The molecule has 1 fully saturated rings. The Balaban J connectivity index is 1.28. The van der Waals surface area contributed by atoms with E-state index in [0.717, 1.165) is 60.2 Å². The first-order chi connectivity index (χ1) is 15.8. The number of fused-ring (bicyclic) bond motifs is 1. The maximum Gasteiger partial charge on any atom is 0.162 e. The summed E-state index contributed by atoms with van der Waals surface area (Å²) in [6.07, 6.45) is 4.43. The Morgan fingerprint density at radius 1 is 1.06 bits per heavy atom. The SMILES string of the molecule is COc1ccc(C(CNCc2cn[nH]c2-c2ccc3c(c2)OCCO3)N2CCCC2)cc1. The van der Waals surface area contributed by atoms with Crippen LogP contribution in [-0.4, -0.2) is 55.1 Å². The van der Waals surface area contributed by atoms with Gasteiger partial charge in [-0.05, 0) is 61.8 Å². The van der Waals surface area contributed by atoms with Gasteiger partial charge in [-0.3, -0.25) is 10.00 Å². The molecule has 2 aliphatic heterocycles. The van der Waals surface area contributed by atoms with Gasteiger partial charge in [-0.25, -0.2) is 0 Å². The molecule has 7 heteroatoms. The van der Waals surface area contributed by atoms with Crippen LogP contribution in [0.5, 0.6) is 17.2 Å². The van der Waals surface area contributed by atoms with Crippen molar-refractivity contribution in [3.05, 3.63) is 59.8 Å². The summed E-state index contributed by atoms with van der Waals surface area (Å²) in [6.45, 7) is 5.08. The van der Waals surface area contributed by atoms with Gasteiger partial charge >= 0.3 is 0 Å². The van der Waals surface area contributed by atoms with Crippen LogP contribution < -0.4 is 19.5 Å². The van der Waals surface area contributed by atoms with E-state index in [1.54, 1.807) is 7.11 Å². The average molecular weight is 435 g/mol. The lowest BCUT2D eigenvalue weighted by Gasteiger charge is -2.28. The molecule has 1 aromatic heterocycles. The molecule has 2 aliphatic rings. The largest absolute Gasteiger partial charge is 0.497 e. The molecular formula is C25H30N4O3. The van der Waals surface area contributed by atoms with Gasteiger partial charge in [0.2, 0.25) is 0 Å². The van der Waals surface area contributed by atoms with Crippen molar-refractivity contribution in [2.24, 2.45) is 0 Å². The van der Waals surface area contributed by atoms with Gasteiger partial charge in [0.25, 0.3) is 0 Å². The summed E-state index contributed by atoms with van der Waals surface area (Å²) in [5.74, 6) is 2.48. The molecule has 1 saturated heterocycles. The molecule has 7 nitrogen and oxygen atoms in total. The maximum atomic E-state index is 5.75. The first-order valence-electron chi connectivity index (χ1n) is 11.3. The third-order valence-corrected chi connectivity index (χ3v) is 6.28. The first-order valence-corrected chi connectivity index (χ1v) is 11.3. The number of nitrogens with one attached hydrogen (secondary N) is 2. The van der Waals surface area contributed by atoms with Crippen molar-refractivity contribution in [1.82, 2.24) is 20.4 Å². The van der Waals surface area contributed by atoms with Gasteiger partial charge in [-0.2, -0.15) is 5.10 Å². The average Bonchev–Trinajstić information content (AvgIpc) is 3.54. The zero-order valence-corrected chi connectivity index (χ0v) is 18.5. The summed E-state index contributed by atoms with van der Waals surface area (Å²) in [5, 5.41) is 11.1. The van der Waals surface area contributed by atoms with Crippen LogP contribution in [-0.2, 0) is 6.54 Å². The first kappa shape index (κ1) is 20.8. The molecule has 0 radical (unpaired) electrons. The van der Waals surface area contributed by atoms with Crippen molar-refractivity contribution in [2.75, 3.05) is 40.0 Å². The molecule has 0 bridgehead atoms. The smallest absolute Gasteiger partial charge is 0.162 e. The van der Waals surface area contributed by atoms with E-state index in [-0.39, 0.29) is 0 Å². The molecule has 1 unspecified atom stereocenters. The van der Waals surface area contributed by atoms with E-state index in [1.165, 1.54) is 18.4 Å². The molecule has 2 aromatic carbocycles. The summed E-state index contributed by atoms with van der Waals surface area (Å²) in [6, 6.07) is 14.8. The van der Waals surface area contributed by atoms with E-state index in [4.69, 9.17) is 14.2 Å². The van der Waals surface area contributed by atoms with Crippen LogP contribution >= 0.6 is 0 Å². The van der Waals surface area contributed by atoms with Crippen LogP contribution in [0.15, 0.2) is 48.7 Å². The minimum Gasteiger partial charge on any atom is -0.497 e. The fourth-order valence-corrected chi connectivity index (χ4v) is 4.57. The van der Waals surface area contributed by atoms with Gasteiger partial charge in [-0.15, -0.1) is 0 Å². The molecule has 3 aromatic rings. The van der Waals surface area contributed by atoms with Crippen LogP contribution in [0.4, 0.5) is 0 Å². The number of H-pyrrole nitrogens is 1. The Morgan fingerprint density at radius 2 is 1.84 bits per heavy atom. The Morgan fingerprint density at radius 3 is 2.62 bits per heavy atom. The van der Waals surface area contributed by atoms with Crippen LogP contribution in [0.1, 0.15) is 30.0 Å². The molecule has 5 rings (SSSR count). The minimum atomic E-state index is 0.341. The molecule has 3 heterocycles. The summed E-state index contributed by atoms with van der Waals surface area (Å²) in [5.41, 5.74) is 4.52.